The molecule has 2 aromatic carbocycles. The first-order valence-electron chi connectivity index (χ1n) is 9.43. The van der Waals surface area contributed by atoms with Gasteiger partial charge in [0, 0.05) is 19.0 Å². The van der Waals surface area contributed by atoms with Crippen LogP contribution < -0.4 is 9.47 Å². The first-order valence-corrected chi connectivity index (χ1v) is 9.43. The number of aliphatic carboxylic acids is 1. The number of rotatable bonds is 4. The molecule has 28 heavy (non-hydrogen) atoms. The average Bonchev–Trinajstić information content (AvgIpc) is 3.19. The zero-order valence-electron chi connectivity index (χ0n) is 15.7. The number of carboxylic acid groups (broad SMARTS) is 1. The van der Waals surface area contributed by atoms with E-state index in [9.17, 15) is 14.7 Å². The summed E-state index contributed by atoms with van der Waals surface area (Å²) in [6.07, 6.45) is 0.565. The zero-order chi connectivity index (χ0) is 19.7. The average molecular weight is 381 g/mol. The molecule has 6 nitrogen and oxygen atoms in total. The summed E-state index contributed by atoms with van der Waals surface area (Å²) in [7, 11) is 1.61. The molecule has 4 rings (SSSR count). The topological polar surface area (TPSA) is 76.1 Å². The van der Waals surface area contributed by atoms with Crippen molar-refractivity contribution >= 4 is 11.9 Å². The van der Waals surface area contributed by atoms with Crippen LogP contribution in [0.5, 0.6) is 11.5 Å². The van der Waals surface area contributed by atoms with Gasteiger partial charge in [0.15, 0.2) is 0 Å². The number of methoxy groups -OCH3 is 1. The number of carboxylic acids is 1. The minimum Gasteiger partial charge on any atom is -0.497 e. The first kappa shape index (κ1) is 18.3. The summed E-state index contributed by atoms with van der Waals surface area (Å²) >= 11 is 0. The van der Waals surface area contributed by atoms with Crippen LogP contribution in [0, 0.1) is 11.8 Å². The fourth-order valence-electron chi connectivity index (χ4n) is 4.19. The Morgan fingerprint density at radius 3 is 2.64 bits per heavy atom. The maximum absolute atomic E-state index is 13.1. The fraction of sp³-hybridized carbons (Fsp3) is 0.364. The van der Waals surface area contributed by atoms with Crippen molar-refractivity contribution in [1.82, 2.24) is 4.90 Å². The highest BCUT2D eigenvalue weighted by atomic mass is 16.5. The van der Waals surface area contributed by atoms with Crippen molar-refractivity contribution in [1.29, 1.82) is 0 Å². The van der Waals surface area contributed by atoms with Gasteiger partial charge in [-0.2, -0.15) is 0 Å². The molecule has 0 aromatic heterocycles. The summed E-state index contributed by atoms with van der Waals surface area (Å²) in [5.41, 5.74) is 1.90. The smallest absolute Gasteiger partial charge is 0.308 e. The van der Waals surface area contributed by atoms with E-state index in [1.807, 2.05) is 48.5 Å². The number of amides is 1. The fourth-order valence-corrected chi connectivity index (χ4v) is 4.19. The predicted molar refractivity (Wildman–Crippen MR) is 103 cm³/mol. The zero-order valence-corrected chi connectivity index (χ0v) is 15.7. The second-order valence-corrected chi connectivity index (χ2v) is 7.39. The molecule has 2 aromatic rings. The third kappa shape index (κ3) is 3.42. The maximum atomic E-state index is 13.1. The number of likely N-dealkylation sites (tertiary alicyclic amines) is 1. The van der Waals surface area contributed by atoms with Gasteiger partial charge in [-0.25, -0.2) is 0 Å². The van der Waals surface area contributed by atoms with Crippen LogP contribution in [0.25, 0.3) is 0 Å². The van der Waals surface area contributed by atoms with Crippen molar-refractivity contribution in [2.24, 2.45) is 11.8 Å². The molecule has 146 valence electrons. The van der Waals surface area contributed by atoms with Gasteiger partial charge in [-0.15, -0.1) is 0 Å². The molecule has 0 aliphatic carbocycles. The molecular formula is C22H23NO5. The highest BCUT2D eigenvalue weighted by Gasteiger charge is 2.42. The third-order valence-corrected chi connectivity index (χ3v) is 5.70. The van der Waals surface area contributed by atoms with Crippen molar-refractivity contribution in [3.63, 3.8) is 0 Å². The summed E-state index contributed by atoms with van der Waals surface area (Å²) in [5.74, 6) is -0.507. The summed E-state index contributed by atoms with van der Waals surface area (Å²) in [6.45, 7) is 0.957. The number of carbonyl (C=O) groups excluding carboxylic acids is 1. The van der Waals surface area contributed by atoms with Crippen LogP contribution in [0.2, 0.25) is 0 Å². The van der Waals surface area contributed by atoms with E-state index in [1.165, 1.54) is 0 Å². The molecule has 6 heteroatoms. The lowest BCUT2D eigenvalue weighted by Crippen LogP contribution is -2.40. The van der Waals surface area contributed by atoms with Crippen molar-refractivity contribution in [3.05, 3.63) is 59.7 Å². The van der Waals surface area contributed by atoms with Crippen LogP contribution >= 0.6 is 0 Å². The van der Waals surface area contributed by atoms with E-state index in [2.05, 4.69) is 0 Å². The number of ether oxygens (including phenoxy) is 2. The van der Waals surface area contributed by atoms with E-state index >= 15 is 0 Å². The number of nitrogens with zero attached hydrogens (tertiary/aromatic N) is 1. The number of hydrogen-bond donors (Lipinski definition) is 1. The van der Waals surface area contributed by atoms with E-state index in [0.29, 0.717) is 19.6 Å². The van der Waals surface area contributed by atoms with E-state index in [-0.39, 0.29) is 24.3 Å². The molecule has 0 spiro atoms. The van der Waals surface area contributed by atoms with Crippen molar-refractivity contribution in [2.75, 3.05) is 26.8 Å². The lowest BCUT2D eigenvalue weighted by atomic mass is 9.89. The second-order valence-electron chi connectivity index (χ2n) is 7.39. The largest absolute Gasteiger partial charge is 0.497 e. The van der Waals surface area contributed by atoms with Crippen molar-refractivity contribution < 1.29 is 24.2 Å². The molecule has 1 unspecified atom stereocenters. The SMILES string of the molecule is COc1ccc2c(c1)CC(C(=O)N1C[C@H](C(=O)O)[C@H](c3ccccc3)C1)CO2. The van der Waals surface area contributed by atoms with Gasteiger partial charge >= 0.3 is 5.97 Å². The van der Waals surface area contributed by atoms with Crippen molar-refractivity contribution in [3.8, 4) is 11.5 Å². The Kier molecular flexibility index (Phi) is 4.94. The molecule has 1 N–H and O–H groups in total. The quantitative estimate of drug-likeness (QED) is 0.881. The van der Waals surface area contributed by atoms with Crippen molar-refractivity contribution in [2.45, 2.75) is 12.3 Å². The third-order valence-electron chi connectivity index (χ3n) is 5.70. The standard InChI is InChI=1S/C22H23NO5/c1-27-17-7-8-20-15(10-17)9-16(13-28-20)21(24)23-11-18(19(12-23)22(25)26)14-5-3-2-4-6-14/h2-8,10,16,18-19H,9,11-13H2,1H3,(H,25,26)/t16?,18-,19-/m0/s1. The number of carbonyl (C=O) groups is 2. The lowest BCUT2D eigenvalue weighted by Gasteiger charge is -2.28. The molecule has 0 radical (unpaired) electrons. The van der Waals surface area contributed by atoms with E-state index in [4.69, 9.17) is 9.47 Å². The first-order chi connectivity index (χ1) is 13.6. The molecule has 2 heterocycles. The number of fused-ring (bicyclic) bond motifs is 1. The van der Waals surface area contributed by atoms with Gasteiger partial charge in [-0.3, -0.25) is 9.59 Å². The maximum Gasteiger partial charge on any atom is 0.308 e. The monoisotopic (exact) mass is 381 g/mol. The lowest BCUT2D eigenvalue weighted by molar-refractivity contribution is -0.142. The van der Waals surface area contributed by atoms with E-state index in [0.717, 1.165) is 22.6 Å². The molecule has 1 fully saturated rings. The molecule has 1 amide bonds. The summed E-state index contributed by atoms with van der Waals surface area (Å²) in [4.78, 5) is 26.6. The summed E-state index contributed by atoms with van der Waals surface area (Å²) in [6, 6.07) is 15.2. The van der Waals surface area contributed by atoms with E-state index in [1.54, 1.807) is 12.0 Å². The predicted octanol–water partition coefficient (Wildman–Crippen LogP) is 2.57. The highest BCUT2D eigenvalue weighted by Crippen LogP contribution is 2.36. The minimum atomic E-state index is -0.862. The van der Waals surface area contributed by atoms with Gasteiger partial charge in [-0.05, 0) is 35.7 Å². The Hall–Kier alpha value is -3.02. The molecule has 3 atom stereocenters. The molecule has 2 aliphatic rings. The Morgan fingerprint density at radius 2 is 1.93 bits per heavy atom. The molecule has 2 aliphatic heterocycles. The Balaban J connectivity index is 1.51. The van der Waals surface area contributed by atoms with Gasteiger partial charge in [0.05, 0.1) is 18.9 Å². The normalized spacial score (nSPS) is 23.6. The van der Waals surface area contributed by atoms with Crippen LogP contribution in [0.1, 0.15) is 17.0 Å². The van der Waals surface area contributed by atoms with Crippen LogP contribution in [0.4, 0.5) is 0 Å². The van der Waals surface area contributed by atoms with Crippen LogP contribution in [-0.4, -0.2) is 48.7 Å². The van der Waals surface area contributed by atoms with E-state index < -0.39 is 11.9 Å². The number of benzene rings is 2. The highest BCUT2D eigenvalue weighted by molar-refractivity contribution is 5.82. The van der Waals surface area contributed by atoms with Gasteiger partial charge in [0.25, 0.3) is 0 Å². The van der Waals surface area contributed by atoms with Gasteiger partial charge < -0.3 is 19.5 Å². The molecule has 0 bridgehead atoms. The second kappa shape index (κ2) is 7.54. The molecule has 0 saturated carbocycles. The molecular weight excluding hydrogens is 358 g/mol. The molecule has 1 saturated heterocycles. The van der Waals surface area contributed by atoms with Crippen LogP contribution in [-0.2, 0) is 16.0 Å². The number of hydrogen-bond acceptors (Lipinski definition) is 4. The Morgan fingerprint density at radius 1 is 1.14 bits per heavy atom. The summed E-state index contributed by atoms with van der Waals surface area (Å²) in [5, 5.41) is 9.67. The van der Waals surface area contributed by atoms with Crippen LogP contribution in [0.3, 0.4) is 0 Å². The Bertz CT molecular complexity index is 882. The van der Waals surface area contributed by atoms with Gasteiger partial charge in [0.2, 0.25) is 5.91 Å². The minimum absolute atomic E-state index is 0.0434. The van der Waals surface area contributed by atoms with Gasteiger partial charge in [0.1, 0.15) is 18.1 Å². The van der Waals surface area contributed by atoms with Gasteiger partial charge in [-0.1, -0.05) is 30.3 Å². The summed E-state index contributed by atoms with van der Waals surface area (Å²) < 4.78 is 11.0. The van der Waals surface area contributed by atoms with Crippen LogP contribution in [0.15, 0.2) is 48.5 Å². The Labute approximate surface area is 163 Å².